The molecule has 156 valence electrons. The Bertz CT molecular complexity index is 809. The number of nitrogens with one attached hydrogen (secondary N) is 2. The predicted octanol–water partition coefficient (Wildman–Crippen LogP) is 1.20. The number of likely N-dealkylation sites (tertiary alicyclic amines) is 1. The molecule has 4 rings (SSSR count). The summed E-state index contributed by atoms with van der Waals surface area (Å²) >= 11 is 0. The monoisotopic (exact) mass is 399 g/mol. The summed E-state index contributed by atoms with van der Waals surface area (Å²) in [4.78, 5) is 31.5. The zero-order chi connectivity index (χ0) is 20.5. The molecule has 0 aromatic carbocycles. The van der Waals surface area contributed by atoms with Gasteiger partial charge in [-0.1, -0.05) is 17.3 Å². The molecule has 1 saturated heterocycles. The first kappa shape index (κ1) is 19.7. The third-order valence-electron chi connectivity index (χ3n) is 6.35. The van der Waals surface area contributed by atoms with E-state index in [9.17, 15) is 9.59 Å². The van der Waals surface area contributed by atoms with Crippen molar-refractivity contribution in [1.82, 2.24) is 20.7 Å². The Kier molecular flexibility index (Phi) is 5.43. The van der Waals surface area contributed by atoms with Crippen LogP contribution in [0.15, 0.2) is 21.7 Å². The fourth-order valence-corrected chi connectivity index (χ4v) is 4.95. The number of carbonyl (C=O) groups is 2. The van der Waals surface area contributed by atoms with Gasteiger partial charge >= 0.3 is 0 Å². The molecule has 2 amide bonds. The first-order valence-electron chi connectivity index (χ1n) is 10.5. The molecule has 2 aliphatic carbocycles. The predicted molar refractivity (Wildman–Crippen MR) is 108 cm³/mol. The molecule has 4 unspecified atom stereocenters. The molecule has 2 N–H and O–H groups in total. The number of carbonyl (C=O) groups excluding carboxylic acids is 2. The van der Waals surface area contributed by atoms with Crippen LogP contribution >= 0.6 is 0 Å². The third-order valence-corrected chi connectivity index (χ3v) is 6.35. The fraction of sp³-hybridized carbons (Fsp3) is 0.619. The summed E-state index contributed by atoms with van der Waals surface area (Å²) in [7, 11) is 0. The molecule has 1 aromatic heterocycles. The Hall–Kier alpha value is -2.64. The molecule has 2 fully saturated rings. The van der Waals surface area contributed by atoms with Crippen molar-refractivity contribution in [2.45, 2.75) is 33.6 Å². The highest BCUT2D eigenvalue weighted by atomic mass is 16.5. The van der Waals surface area contributed by atoms with Crippen LogP contribution in [0, 0.1) is 37.5 Å². The van der Waals surface area contributed by atoms with E-state index in [-0.39, 0.29) is 35.5 Å². The summed E-state index contributed by atoms with van der Waals surface area (Å²) in [6.45, 7) is 8.03. The molecule has 8 heteroatoms. The van der Waals surface area contributed by atoms with E-state index in [0.717, 1.165) is 36.4 Å². The molecule has 4 atom stereocenters. The normalized spacial score (nSPS) is 27.8. The van der Waals surface area contributed by atoms with E-state index >= 15 is 0 Å². The zero-order valence-corrected chi connectivity index (χ0v) is 17.3. The van der Waals surface area contributed by atoms with Gasteiger partial charge in [0.25, 0.3) is 0 Å². The molecule has 0 spiro atoms. The average molecular weight is 399 g/mol. The van der Waals surface area contributed by atoms with Crippen molar-refractivity contribution in [3.63, 3.8) is 0 Å². The van der Waals surface area contributed by atoms with Crippen molar-refractivity contribution >= 4 is 17.8 Å². The largest absolute Gasteiger partial charge is 0.361 e. The van der Waals surface area contributed by atoms with E-state index in [2.05, 4.69) is 32.9 Å². The Labute approximate surface area is 170 Å². The van der Waals surface area contributed by atoms with Gasteiger partial charge in [0.15, 0.2) is 5.96 Å². The van der Waals surface area contributed by atoms with Gasteiger partial charge in [-0.2, -0.15) is 0 Å². The van der Waals surface area contributed by atoms with E-state index in [4.69, 9.17) is 4.52 Å². The van der Waals surface area contributed by atoms with Crippen LogP contribution in [0.1, 0.15) is 30.4 Å². The fourth-order valence-electron chi connectivity index (χ4n) is 4.95. The van der Waals surface area contributed by atoms with Gasteiger partial charge in [0.1, 0.15) is 5.76 Å². The van der Waals surface area contributed by atoms with Crippen LogP contribution < -0.4 is 10.6 Å². The van der Waals surface area contributed by atoms with Crippen LogP contribution in [0.4, 0.5) is 0 Å². The van der Waals surface area contributed by atoms with E-state index in [0.29, 0.717) is 25.6 Å². The van der Waals surface area contributed by atoms with Gasteiger partial charge in [-0.25, -0.2) is 0 Å². The highest BCUT2D eigenvalue weighted by Crippen LogP contribution is 2.52. The second-order valence-corrected chi connectivity index (χ2v) is 8.07. The second kappa shape index (κ2) is 8.00. The molecule has 8 nitrogen and oxygen atoms in total. The van der Waals surface area contributed by atoms with Crippen molar-refractivity contribution in [3.8, 4) is 0 Å². The maximum Gasteiger partial charge on any atom is 0.233 e. The quantitative estimate of drug-likeness (QED) is 0.309. The van der Waals surface area contributed by atoms with Crippen molar-refractivity contribution in [2.75, 3.05) is 26.2 Å². The van der Waals surface area contributed by atoms with E-state index in [1.54, 1.807) is 0 Å². The van der Waals surface area contributed by atoms with Gasteiger partial charge in [-0.15, -0.1) is 0 Å². The Balaban J connectivity index is 1.30. The lowest BCUT2D eigenvalue weighted by molar-refractivity contribution is -0.140. The molecule has 29 heavy (non-hydrogen) atoms. The molecule has 2 heterocycles. The molecular formula is C21H29N5O3. The Morgan fingerprint density at radius 1 is 1.21 bits per heavy atom. The molecule has 1 aromatic rings. The number of hydrogen-bond donors (Lipinski definition) is 2. The average Bonchev–Trinajstić information content (AvgIpc) is 3.44. The van der Waals surface area contributed by atoms with Gasteiger partial charge in [0, 0.05) is 31.7 Å². The number of allylic oxidation sites excluding steroid dienone is 2. The van der Waals surface area contributed by atoms with Crippen LogP contribution in [-0.4, -0.2) is 54.0 Å². The van der Waals surface area contributed by atoms with E-state index < -0.39 is 0 Å². The number of guanidine groups is 1. The minimum atomic E-state index is -0.130. The smallest absolute Gasteiger partial charge is 0.233 e. The Morgan fingerprint density at radius 2 is 1.90 bits per heavy atom. The lowest BCUT2D eigenvalue weighted by Crippen LogP contribution is -2.43. The summed E-state index contributed by atoms with van der Waals surface area (Å²) in [5.74, 6) is 1.75. The number of hydrogen-bond acceptors (Lipinski definition) is 5. The standard InChI is InChI=1S/C21H29N5O3/c1-4-22-21(23-8-7-16-12(2)25-29-13(16)3)24-9-10-26-19(27)17-14-5-6-15(11-14)18(17)20(26)28/h5-6,14-15,17-18H,4,7-11H2,1-3H3,(H2,22,23,24). The number of aliphatic imine (C=N–C) groups is 1. The first-order chi connectivity index (χ1) is 14.0. The summed E-state index contributed by atoms with van der Waals surface area (Å²) in [5.41, 5.74) is 1.99. The maximum atomic E-state index is 12.7. The number of aromatic nitrogens is 1. The van der Waals surface area contributed by atoms with Crippen LogP contribution in [0.25, 0.3) is 0 Å². The molecular weight excluding hydrogens is 370 g/mol. The van der Waals surface area contributed by atoms with Crippen molar-refractivity contribution in [1.29, 1.82) is 0 Å². The summed E-state index contributed by atoms with van der Waals surface area (Å²) in [6, 6.07) is 0. The first-order valence-corrected chi connectivity index (χ1v) is 10.5. The number of rotatable bonds is 7. The highest BCUT2D eigenvalue weighted by Gasteiger charge is 2.58. The number of aryl methyl sites for hydroxylation is 2. The summed E-state index contributed by atoms with van der Waals surface area (Å²) < 4.78 is 5.19. The van der Waals surface area contributed by atoms with Crippen molar-refractivity contribution in [3.05, 3.63) is 29.2 Å². The second-order valence-electron chi connectivity index (χ2n) is 8.07. The Morgan fingerprint density at radius 3 is 2.48 bits per heavy atom. The molecule has 2 bridgehead atoms. The van der Waals surface area contributed by atoms with Crippen LogP contribution in [0.3, 0.4) is 0 Å². The van der Waals surface area contributed by atoms with Gasteiger partial charge in [0.05, 0.1) is 17.5 Å². The van der Waals surface area contributed by atoms with Crippen molar-refractivity contribution in [2.24, 2.45) is 28.7 Å². The number of amides is 2. The zero-order valence-electron chi connectivity index (χ0n) is 17.3. The van der Waals surface area contributed by atoms with Crippen molar-refractivity contribution < 1.29 is 14.1 Å². The highest BCUT2D eigenvalue weighted by molar-refractivity contribution is 6.06. The lowest BCUT2D eigenvalue weighted by Gasteiger charge is -2.18. The van der Waals surface area contributed by atoms with Gasteiger partial charge in [-0.05, 0) is 45.4 Å². The maximum absolute atomic E-state index is 12.7. The molecule has 1 aliphatic heterocycles. The third kappa shape index (κ3) is 3.56. The van der Waals surface area contributed by atoms with Gasteiger partial charge < -0.3 is 15.2 Å². The summed E-state index contributed by atoms with van der Waals surface area (Å²) in [6.07, 6.45) is 5.95. The van der Waals surface area contributed by atoms with E-state index in [1.165, 1.54) is 4.90 Å². The lowest BCUT2D eigenvalue weighted by atomic mass is 9.85. The van der Waals surface area contributed by atoms with Crippen LogP contribution in [-0.2, 0) is 16.0 Å². The topological polar surface area (TPSA) is 99.8 Å². The number of fused-ring (bicyclic) bond motifs is 5. The van der Waals surface area contributed by atoms with Gasteiger partial charge in [0.2, 0.25) is 11.8 Å². The van der Waals surface area contributed by atoms with Crippen LogP contribution in [0.5, 0.6) is 0 Å². The molecule has 0 radical (unpaired) electrons. The summed E-state index contributed by atoms with van der Waals surface area (Å²) in [5, 5.41) is 10.4. The number of nitrogens with zero attached hydrogens (tertiary/aromatic N) is 3. The SMILES string of the molecule is CCNC(=NCCc1c(C)noc1C)NCCN1C(=O)C2C3C=CC(C3)C2C1=O. The van der Waals surface area contributed by atoms with E-state index in [1.807, 2.05) is 20.8 Å². The van der Waals surface area contributed by atoms with Gasteiger partial charge in [-0.3, -0.25) is 19.5 Å². The molecule has 1 saturated carbocycles. The number of imide groups is 1. The minimum absolute atomic E-state index is 0.000928. The molecule has 3 aliphatic rings. The minimum Gasteiger partial charge on any atom is -0.361 e. The van der Waals surface area contributed by atoms with Crippen LogP contribution in [0.2, 0.25) is 0 Å².